The zero-order valence-electron chi connectivity index (χ0n) is 16.6. The lowest BCUT2D eigenvalue weighted by Gasteiger charge is -2.47. The number of nitrogens with zero attached hydrogens (tertiary/aromatic N) is 2. The third kappa shape index (κ3) is 3.50. The smallest absolute Gasteiger partial charge is 0.0821 e. The van der Waals surface area contributed by atoms with E-state index >= 15 is 0 Å². The fourth-order valence-electron chi connectivity index (χ4n) is 5.67. The van der Waals surface area contributed by atoms with Crippen molar-refractivity contribution < 1.29 is 4.74 Å². The Morgan fingerprint density at radius 3 is 2.18 bits per heavy atom. The third-order valence-electron chi connectivity index (χ3n) is 6.81. The molecule has 1 atom stereocenters. The van der Waals surface area contributed by atoms with Crippen LogP contribution in [0.4, 0.5) is 0 Å². The van der Waals surface area contributed by atoms with Crippen molar-refractivity contribution in [1.82, 2.24) is 9.80 Å². The van der Waals surface area contributed by atoms with Gasteiger partial charge in [-0.1, -0.05) is 61.0 Å². The summed E-state index contributed by atoms with van der Waals surface area (Å²) in [5.74, 6) is 0. The largest absolute Gasteiger partial charge is 0.373 e. The van der Waals surface area contributed by atoms with E-state index in [0.717, 1.165) is 44.4 Å². The van der Waals surface area contributed by atoms with Crippen molar-refractivity contribution in [3.05, 3.63) is 70.7 Å². The van der Waals surface area contributed by atoms with Crippen LogP contribution in [-0.4, -0.2) is 54.7 Å². The van der Waals surface area contributed by atoms with E-state index in [-0.39, 0.29) is 11.6 Å². The molecule has 4 heteroatoms. The van der Waals surface area contributed by atoms with E-state index in [2.05, 4.69) is 59.2 Å². The van der Waals surface area contributed by atoms with Crippen molar-refractivity contribution in [2.45, 2.75) is 31.4 Å². The van der Waals surface area contributed by atoms with Gasteiger partial charge < -0.3 is 4.74 Å². The first-order valence-corrected chi connectivity index (χ1v) is 10.8. The average Bonchev–Trinajstić information content (AvgIpc) is 3.18. The second-order valence-electron chi connectivity index (χ2n) is 9.31. The quantitative estimate of drug-likeness (QED) is 0.733. The van der Waals surface area contributed by atoms with Crippen molar-refractivity contribution in [2.24, 2.45) is 5.41 Å². The van der Waals surface area contributed by atoms with Gasteiger partial charge in [0, 0.05) is 37.7 Å². The molecule has 4 fully saturated rings. The van der Waals surface area contributed by atoms with Crippen LogP contribution in [0.25, 0.3) is 0 Å². The second-order valence-corrected chi connectivity index (χ2v) is 9.75. The number of fused-ring (bicyclic) bond motifs is 1. The van der Waals surface area contributed by atoms with Crippen LogP contribution in [0.1, 0.15) is 36.9 Å². The second kappa shape index (κ2) is 7.14. The van der Waals surface area contributed by atoms with Gasteiger partial charge in [-0.2, -0.15) is 0 Å². The topological polar surface area (TPSA) is 15.7 Å². The zero-order valence-corrected chi connectivity index (χ0v) is 17.4. The molecule has 0 spiro atoms. The Labute approximate surface area is 173 Å². The number of hydrogen-bond donors (Lipinski definition) is 0. The minimum atomic E-state index is 0.159. The van der Waals surface area contributed by atoms with E-state index in [1.54, 1.807) is 0 Å². The summed E-state index contributed by atoms with van der Waals surface area (Å²) < 4.78 is 6.18. The average molecular weight is 397 g/mol. The highest BCUT2D eigenvalue weighted by atomic mass is 35.5. The summed E-state index contributed by atoms with van der Waals surface area (Å²) in [5.41, 5.74) is 3.29. The third-order valence-corrected chi connectivity index (χ3v) is 7.06. The van der Waals surface area contributed by atoms with Gasteiger partial charge in [-0.3, -0.25) is 9.80 Å². The number of benzene rings is 2. The molecule has 148 valence electrons. The van der Waals surface area contributed by atoms with E-state index in [9.17, 15) is 0 Å². The molecule has 3 heterocycles. The lowest BCUT2D eigenvalue weighted by molar-refractivity contribution is -0.0494. The molecular formula is C24H29ClN2O. The standard InChI is InChI=1S/C24H29ClN2O/c1-23-15-24(16-23,28-18-23)17-26-11-13-27(14-12-26)22(19-5-3-2-4-6-19)20-7-9-21(25)10-8-20/h2-10,22H,11-18H2,1H3. The van der Waals surface area contributed by atoms with Crippen LogP contribution >= 0.6 is 11.6 Å². The fraction of sp³-hybridized carbons (Fsp3) is 0.500. The van der Waals surface area contributed by atoms with E-state index < -0.39 is 0 Å². The van der Waals surface area contributed by atoms with Crippen LogP contribution in [0.15, 0.2) is 54.6 Å². The van der Waals surface area contributed by atoms with Gasteiger partial charge in [-0.05, 0) is 41.5 Å². The molecule has 0 N–H and O–H groups in total. The van der Waals surface area contributed by atoms with Gasteiger partial charge in [0.2, 0.25) is 0 Å². The highest BCUT2D eigenvalue weighted by Gasteiger charge is 2.60. The molecule has 0 radical (unpaired) electrons. The maximum Gasteiger partial charge on any atom is 0.0821 e. The molecule has 4 aliphatic rings. The SMILES string of the molecule is CC12COC(CN3CCN(C(c4ccccc4)c4ccc(Cl)cc4)CC3)(C1)C2. The normalized spacial score (nSPS) is 31.5. The van der Waals surface area contributed by atoms with Crippen LogP contribution in [0.2, 0.25) is 5.02 Å². The first kappa shape index (κ1) is 18.6. The molecule has 0 aromatic heterocycles. The fourth-order valence-corrected chi connectivity index (χ4v) is 5.80. The Bertz CT molecular complexity index is 808. The Balaban J connectivity index is 1.29. The van der Waals surface area contributed by atoms with Gasteiger partial charge in [0.15, 0.2) is 0 Å². The Hall–Kier alpha value is -1.39. The molecule has 0 amide bonds. The molecule has 3 nitrogen and oxygen atoms in total. The predicted molar refractivity (Wildman–Crippen MR) is 114 cm³/mol. The summed E-state index contributed by atoms with van der Waals surface area (Å²) in [5, 5.41) is 0.795. The summed E-state index contributed by atoms with van der Waals surface area (Å²) in [7, 11) is 0. The maximum absolute atomic E-state index is 6.18. The highest BCUT2D eigenvalue weighted by molar-refractivity contribution is 6.30. The Morgan fingerprint density at radius 2 is 1.57 bits per heavy atom. The lowest BCUT2D eigenvalue weighted by Crippen LogP contribution is -2.55. The summed E-state index contributed by atoms with van der Waals surface area (Å²) in [6, 6.07) is 19.5. The summed E-state index contributed by atoms with van der Waals surface area (Å²) >= 11 is 6.14. The molecule has 2 aromatic carbocycles. The Kier molecular flexibility index (Phi) is 4.75. The van der Waals surface area contributed by atoms with E-state index in [1.807, 2.05) is 12.1 Å². The van der Waals surface area contributed by atoms with E-state index in [4.69, 9.17) is 16.3 Å². The molecule has 1 saturated carbocycles. The van der Waals surface area contributed by atoms with Crippen molar-refractivity contribution in [2.75, 3.05) is 39.3 Å². The van der Waals surface area contributed by atoms with Crippen molar-refractivity contribution in [1.29, 1.82) is 0 Å². The highest BCUT2D eigenvalue weighted by Crippen LogP contribution is 2.57. The van der Waals surface area contributed by atoms with Crippen molar-refractivity contribution in [3.8, 4) is 0 Å². The molecular weight excluding hydrogens is 368 g/mol. The predicted octanol–water partition coefficient (Wildman–Crippen LogP) is 4.62. The van der Waals surface area contributed by atoms with Crippen LogP contribution in [0, 0.1) is 5.41 Å². The van der Waals surface area contributed by atoms with E-state index in [1.165, 1.54) is 24.0 Å². The van der Waals surface area contributed by atoms with Gasteiger partial charge in [-0.25, -0.2) is 0 Å². The molecule has 3 saturated heterocycles. The Morgan fingerprint density at radius 1 is 0.929 bits per heavy atom. The summed E-state index contributed by atoms with van der Waals surface area (Å²) in [6.45, 7) is 8.81. The van der Waals surface area contributed by atoms with Crippen molar-refractivity contribution in [3.63, 3.8) is 0 Å². The van der Waals surface area contributed by atoms with Crippen molar-refractivity contribution >= 4 is 11.6 Å². The van der Waals surface area contributed by atoms with Crippen LogP contribution in [-0.2, 0) is 4.74 Å². The zero-order chi connectivity index (χ0) is 19.2. The van der Waals surface area contributed by atoms with Gasteiger partial charge in [-0.15, -0.1) is 0 Å². The molecule has 1 unspecified atom stereocenters. The molecule has 1 aliphatic carbocycles. The molecule has 2 aromatic rings. The number of hydrogen-bond acceptors (Lipinski definition) is 3. The molecule has 28 heavy (non-hydrogen) atoms. The van der Waals surface area contributed by atoms with Crippen LogP contribution in [0.5, 0.6) is 0 Å². The first-order valence-electron chi connectivity index (χ1n) is 10.5. The van der Waals surface area contributed by atoms with Crippen LogP contribution < -0.4 is 0 Å². The number of piperazine rings is 1. The molecule has 2 bridgehead atoms. The number of rotatable bonds is 5. The number of halogens is 1. The maximum atomic E-state index is 6.18. The first-order chi connectivity index (χ1) is 13.5. The van der Waals surface area contributed by atoms with E-state index in [0.29, 0.717) is 5.41 Å². The minimum Gasteiger partial charge on any atom is -0.373 e. The van der Waals surface area contributed by atoms with Gasteiger partial charge in [0.05, 0.1) is 18.2 Å². The minimum absolute atomic E-state index is 0.159. The van der Waals surface area contributed by atoms with Crippen LogP contribution in [0.3, 0.4) is 0 Å². The van der Waals surface area contributed by atoms with Gasteiger partial charge in [0.1, 0.15) is 0 Å². The molecule has 6 rings (SSSR count). The summed E-state index contributed by atoms with van der Waals surface area (Å²) in [4.78, 5) is 5.23. The number of ether oxygens (including phenoxy) is 1. The van der Waals surface area contributed by atoms with Gasteiger partial charge >= 0.3 is 0 Å². The monoisotopic (exact) mass is 396 g/mol. The lowest BCUT2D eigenvalue weighted by atomic mass is 9.63. The van der Waals surface area contributed by atoms with Gasteiger partial charge in [0.25, 0.3) is 0 Å². The molecule has 3 aliphatic heterocycles. The summed E-state index contributed by atoms with van der Waals surface area (Å²) in [6.07, 6.45) is 2.50.